The topological polar surface area (TPSA) is 204 Å². The molecular weight excluding hydrogens is 1570 g/mol. The minimum absolute atomic E-state index is 0.110. The summed E-state index contributed by atoms with van der Waals surface area (Å²) < 4.78 is 36.6. The van der Waals surface area contributed by atoms with Crippen molar-refractivity contribution in [2.24, 2.45) is 0 Å². The molecule has 18 nitrogen and oxygen atoms in total. The number of para-hydroxylation sites is 3. The first-order valence-corrected chi connectivity index (χ1v) is 40.2. The maximum Gasteiger partial charge on any atom is 0.286 e. The van der Waals surface area contributed by atoms with Crippen LogP contribution in [0.5, 0.6) is 0 Å². The first-order chi connectivity index (χ1) is 55.5. The Hall–Kier alpha value is -13.1. The lowest BCUT2D eigenvalue weighted by Crippen LogP contribution is -2.23. The van der Waals surface area contributed by atoms with Crippen molar-refractivity contribution in [3.8, 4) is 102 Å². The van der Waals surface area contributed by atoms with Crippen molar-refractivity contribution >= 4 is 94.2 Å². The van der Waals surface area contributed by atoms with Crippen molar-refractivity contribution in [3.05, 3.63) is 391 Å². The summed E-state index contributed by atoms with van der Waals surface area (Å²) in [7, 11) is -3.52. The van der Waals surface area contributed by atoms with Crippen molar-refractivity contribution < 1.29 is 8.42 Å². The SMILES string of the molecule is CS(=O)(=O)NCc1nc2c(=O)n(-c3ccc(Cl)cc3)c(-c3ccc(-c4ccccc4)cc3)nc2n1-c1ccccc1.Cc1nc2c(=O)n(-c3ccc(Cl)cc3)c(-c3ccc(-c4ccccc4)cc3)nc2n1-c1ccccc1.O=c1c2nc(CBr)n(-c3ccccc3)c2nc(-c2ccc(-c3ccccc3)cc2)n1-c1ccc(Cl)cc1. The van der Waals surface area contributed by atoms with Crippen LogP contribution in [0.25, 0.3) is 135 Å². The zero-order valence-electron chi connectivity index (χ0n) is 60.9. The van der Waals surface area contributed by atoms with Crippen LogP contribution in [-0.2, 0) is 21.9 Å². The standard InChI is InChI=1S/C31H24ClN5O3S.C30H20BrClN4O.C30H21ClN4O/c1-41(39,40)33-20-27-34-28-30(36(27)25-10-6-3-7-11-25)35-29(37(31(28)38)26-18-16-24(32)17-19-26)23-14-12-22(13-15-23)21-8-4-2-5-9-21;31-19-26-33-27-29(35(26)24-9-5-2-6-10-24)34-28(36(30(27)37)25-17-15-23(32)16-18-25)22-13-11-21(12-14-22)20-7-3-1-4-8-20;1-20-32-27-29(34(20)25-10-6-3-7-11-25)33-28(35(30(27)36)26-18-16-24(31)17-19-26)23-14-12-22(13-15-23)21-8-4-2-5-9-21/h2-19,33H,20H2,1H3;1-18H,19H2;2-19H,1H3. The third-order valence-electron chi connectivity index (χ3n) is 19.0. The lowest BCUT2D eigenvalue weighted by atomic mass is 10.0. The molecular formula is C91H65BrCl3N13O5S. The van der Waals surface area contributed by atoms with Gasteiger partial charge in [0.2, 0.25) is 10.0 Å². The van der Waals surface area contributed by atoms with Gasteiger partial charge >= 0.3 is 0 Å². The maximum atomic E-state index is 14.2. The molecule has 0 saturated carbocycles. The van der Waals surface area contributed by atoms with Gasteiger partial charge in [-0.3, -0.25) is 41.8 Å². The van der Waals surface area contributed by atoms with Crippen LogP contribution in [0.3, 0.4) is 0 Å². The number of imidazole rings is 3. The summed E-state index contributed by atoms with van der Waals surface area (Å²) in [6.07, 6.45) is 1.07. The molecule has 0 radical (unpaired) electrons. The van der Waals surface area contributed by atoms with Crippen LogP contribution in [0.4, 0.5) is 0 Å². The Kier molecular flexibility index (Phi) is 21.5. The lowest BCUT2D eigenvalue weighted by molar-refractivity contribution is 0.585. The summed E-state index contributed by atoms with van der Waals surface area (Å²) in [6.45, 7) is 1.76. The number of fused-ring (bicyclic) bond motifs is 3. The summed E-state index contributed by atoms with van der Waals surface area (Å²) in [4.78, 5) is 71.1. The highest BCUT2D eigenvalue weighted by Crippen LogP contribution is 2.34. The van der Waals surface area contributed by atoms with Crippen molar-refractivity contribution in [3.63, 3.8) is 0 Å². The van der Waals surface area contributed by atoms with Crippen LogP contribution in [0.2, 0.25) is 15.1 Å². The molecule has 0 atom stereocenters. The van der Waals surface area contributed by atoms with E-state index in [4.69, 9.17) is 54.7 Å². The molecule has 0 amide bonds. The van der Waals surface area contributed by atoms with E-state index in [9.17, 15) is 22.8 Å². The number of aryl methyl sites for hydroxylation is 1. The third kappa shape index (κ3) is 15.6. The Bertz CT molecular complexity index is 6850. The molecule has 0 unspecified atom stereocenters. The second kappa shape index (κ2) is 32.7. The molecule has 6 aromatic heterocycles. The molecule has 0 aliphatic heterocycles. The van der Waals surface area contributed by atoms with E-state index in [1.807, 2.05) is 271 Å². The van der Waals surface area contributed by atoms with E-state index >= 15 is 0 Å². The van der Waals surface area contributed by atoms with Gasteiger partial charge in [-0.15, -0.1) is 0 Å². The molecule has 18 aromatic rings. The number of nitrogens with one attached hydrogen (secondary N) is 1. The third-order valence-corrected chi connectivity index (χ3v) is 20.9. The lowest BCUT2D eigenvalue weighted by Gasteiger charge is -2.14. The number of sulfonamides is 1. The molecule has 0 fully saturated rings. The van der Waals surface area contributed by atoms with Crippen LogP contribution >= 0.6 is 50.7 Å². The van der Waals surface area contributed by atoms with E-state index < -0.39 is 15.6 Å². The van der Waals surface area contributed by atoms with Crippen molar-refractivity contribution in [1.29, 1.82) is 0 Å². The van der Waals surface area contributed by atoms with Crippen LogP contribution in [0.1, 0.15) is 17.5 Å². The average molecular weight is 1640 g/mol. The van der Waals surface area contributed by atoms with E-state index in [0.29, 0.717) is 106 Å². The number of rotatable bonds is 16. The molecule has 558 valence electrons. The Morgan fingerprint density at radius 1 is 0.298 bits per heavy atom. The molecule has 0 aliphatic rings. The smallest absolute Gasteiger partial charge is 0.281 e. The summed E-state index contributed by atoms with van der Waals surface area (Å²) in [5.41, 5.74) is 14.5. The minimum Gasteiger partial charge on any atom is -0.281 e. The first kappa shape index (κ1) is 75.0. The number of nitrogens with zero attached hydrogens (tertiary/aromatic N) is 12. The summed E-state index contributed by atoms with van der Waals surface area (Å²) >= 11 is 22.0. The zero-order valence-corrected chi connectivity index (χ0v) is 65.6. The first-order valence-electron chi connectivity index (χ1n) is 36.1. The van der Waals surface area contributed by atoms with Crippen LogP contribution < -0.4 is 21.4 Å². The summed E-state index contributed by atoms with van der Waals surface area (Å²) in [5, 5.41) is 2.19. The Morgan fingerprint density at radius 3 is 0.851 bits per heavy atom. The van der Waals surface area contributed by atoms with Crippen molar-refractivity contribution in [2.45, 2.75) is 18.8 Å². The monoisotopic (exact) mass is 1640 g/mol. The second-order valence-corrected chi connectivity index (χ2v) is 30.2. The minimum atomic E-state index is -3.52. The van der Waals surface area contributed by atoms with Gasteiger partial charge in [-0.05, 0) is 149 Å². The van der Waals surface area contributed by atoms with E-state index in [1.165, 1.54) is 4.57 Å². The van der Waals surface area contributed by atoms with Gasteiger partial charge in [0, 0.05) is 48.8 Å². The maximum absolute atomic E-state index is 14.2. The van der Waals surface area contributed by atoms with Crippen molar-refractivity contribution in [1.82, 2.24) is 62.0 Å². The molecule has 1 N–H and O–H groups in total. The van der Waals surface area contributed by atoms with Gasteiger partial charge in [0.15, 0.2) is 33.5 Å². The molecule has 12 aromatic carbocycles. The largest absolute Gasteiger partial charge is 0.286 e. The highest BCUT2D eigenvalue weighted by molar-refractivity contribution is 9.08. The summed E-state index contributed by atoms with van der Waals surface area (Å²) in [6, 6.07) is 105. The van der Waals surface area contributed by atoms with Gasteiger partial charge in [0.1, 0.15) is 34.9 Å². The van der Waals surface area contributed by atoms with Gasteiger partial charge in [0.25, 0.3) is 16.7 Å². The highest BCUT2D eigenvalue weighted by atomic mass is 79.9. The zero-order chi connectivity index (χ0) is 78.6. The molecule has 0 bridgehead atoms. The predicted octanol–water partition coefficient (Wildman–Crippen LogP) is 19.9. The Balaban J connectivity index is 0.000000129. The predicted molar refractivity (Wildman–Crippen MR) is 460 cm³/mol. The molecule has 6 heterocycles. The molecule has 23 heteroatoms. The molecule has 0 aliphatic carbocycles. The number of hydrogen-bond acceptors (Lipinski definition) is 11. The molecule has 0 spiro atoms. The van der Waals surface area contributed by atoms with E-state index in [2.05, 4.69) is 54.9 Å². The Labute approximate surface area is 677 Å². The van der Waals surface area contributed by atoms with E-state index in [-0.39, 0.29) is 23.2 Å². The number of alkyl halides is 1. The van der Waals surface area contributed by atoms with Gasteiger partial charge in [-0.2, -0.15) is 0 Å². The van der Waals surface area contributed by atoms with Crippen molar-refractivity contribution in [2.75, 3.05) is 6.26 Å². The second-order valence-electron chi connectivity index (χ2n) is 26.5. The van der Waals surface area contributed by atoms with Crippen LogP contribution in [-0.4, -0.2) is 72.0 Å². The number of halogens is 4. The summed E-state index contributed by atoms with van der Waals surface area (Å²) in [5.74, 6) is 3.19. The van der Waals surface area contributed by atoms with Gasteiger partial charge < -0.3 is 0 Å². The van der Waals surface area contributed by atoms with Gasteiger partial charge in [-0.1, -0.05) is 269 Å². The van der Waals surface area contributed by atoms with Gasteiger partial charge in [-0.25, -0.2) is 43.0 Å². The Morgan fingerprint density at radius 2 is 0.544 bits per heavy atom. The fourth-order valence-corrected chi connectivity index (χ4v) is 14.8. The average Bonchev–Trinajstić information content (AvgIpc) is 1.55. The molecule has 0 saturated heterocycles. The van der Waals surface area contributed by atoms with Crippen LogP contribution in [0.15, 0.2) is 342 Å². The fraction of sp³-hybridized carbons (Fsp3) is 0.0440. The highest BCUT2D eigenvalue weighted by Gasteiger charge is 2.27. The van der Waals surface area contributed by atoms with Crippen LogP contribution in [0, 0.1) is 6.92 Å². The van der Waals surface area contributed by atoms with E-state index in [1.54, 1.807) is 62.2 Å². The number of benzene rings is 12. The molecule has 18 rings (SSSR count). The number of aromatic nitrogens is 12. The fourth-order valence-electron chi connectivity index (χ4n) is 13.6. The normalized spacial score (nSPS) is 11.4. The molecule has 114 heavy (non-hydrogen) atoms. The quantitative estimate of drug-likeness (QED) is 0.0901. The van der Waals surface area contributed by atoms with Gasteiger partial charge in [0.05, 0.1) is 35.2 Å². The number of hydrogen-bond donors (Lipinski definition) is 1. The van der Waals surface area contributed by atoms with E-state index in [0.717, 1.165) is 67.7 Å².